The van der Waals surface area contributed by atoms with Gasteiger partial charge in [0.05, 0.1) is 6.61 Å². The number of ether oxygens (including phenoxy) is 1. The Balaban J connectivity index is 2.81. The van der Waals surface area contributed by atoms with E-state index in [1.54, 1.807) is 6.92 Å². The number of carbonyl (C=O) groups is 2. The first-order valence-corrected chi connectivity index (χ1v) is 4.57. The van der Waals surface area contributed by atoms with Gasteiger partial charge in [-0.15, -0.1) is 0 Å². The summed E-state index contributed by atoms with van der Waals surface area (Å²) in [6, 6.07) is 0. The van der Waals surface area contributed by atoms with E-state index in [4.69, 9.17) is 4.74 Å². The number of rotatable bonds is 3. The van der Waals surface area contributed by atoms with Crippen molar-refractivity contribution in [2.24, 2.45) is 0 Å². The van der Waals surface area contributed by atoms with Gasteiger partial charge in [-0.2, -0.15) is 0 Å². The van der Waals surface area contributed by atoms with E-state index in [9.17, 15) is 9.59 Å². The zero-order valence-corrected chi connectivity index (χ0v) is 8.05. The minimum atomic E-state index is -0.315. The van der Waals surface area contributed by atoms with Crippen molar-refractivity contribution in [3.05, 3.63) is 11.1 Å². The third-order valence-corrected chi connectivity index (χ3v) is 2.16. The second-order valence-electron chi connectivity index (χ2n) is 3.09. The molecule has 1 aliphatic carbocycles. The summed E-state index contributed by atoms with van der Waals surface area (Å²) in [5.41, 5.74) is 1.26. The van der Waals surface area contributed by atoms with Gasteiger partial charge in [0.2, 0.25) is 0 Å². The van der Waals surface area contributed by atoms with Crippen molar-refractivity contribution in [2.75, 3.05) is 6.61 Å². The molecule has 0 heterocycles. The molecule has 0 aromatic rings. The second kappa shape index (κ2) is 4.21. The molecule has 0 aromatic carbocycles. The summed E-state index contributed by atoms with van der Waals surface area (Å²) in [5.74, 6) is -0.314. The van der Waals surface area contributed by atoms with Crippen LogP contribution in [-0.2, 0) is 14.3 Å². The monoisotopic (exact) mass is 182 g/mol. The van der Waals surface area contributed by atoms with Gasteiger partial charge in [-0.05, 0) is 33.1 Å². The highest BCUT2D eigenvalue weighted by molar-refractivity contribution is 6.03. The van der Waals surface area contributed by atoms with E-state index in [0.29, 0.717) is 24.2 Å². The molecule has 1 rings (SSSR count). The lowest BCUT2D eigenvalue weighted by molar-refractivity contribution is -0.138. The Morgan fingerprint density at radius 3 is 2.46 bits per heavy atom. The fourth-order valence-electron chi connectivity index (χ4n) is 1.58. The fourth-order valence-corrected chi connectivity index (χ4v) is 1.58. The van der Waals surface area contributed by atoms with E-state index < -0.39 is 0 Å². The summed E-state index contributed by atoms with van der Waals surface area (Å²) < 4.78 is 4.86. The van der Waals surface area contributed by atoms with Gasteiger partial charge in [0.15, 0.2) is 5.78 Å². The van der Waals surface area contributed by atoms with Crippen LogP contribution in [0, 0.1) is 0 Å². The maximum absolute atomic E-state index is 11.3. The first kappa shape index (κ1) is 9.96. The largest absolute Gasteiger partial charge is 0.463 e. The first-order valence-electron chi connectivity index (χ1n) is 4.57. The van der Waals surface area contributed by atoms with Crippen LogP contribution in [-0.4, -0.2) is 18.4 Å². The predicted octanol–water partition coefficient (Wildman–Crippen LogP) is 1.62. The van der Waals surface area contributed by atoms with Crippen LogP contribution in [0.4, 0.5) is 0 Å². The molecule has 0 fully saturated rings. The molecule has 1 aliphatic rings. The minimum Gasteiger partial charge on any atom is -0.463 e. The molecule has 13 heavy (non-hydrogen) atoms. The molecule has 0 atom stereocenters. The number of esters is 1. The molecule has 0 radical (unpaired) electrons. The van der Waals surface area contributed by atoms with Gasteiger partial charge >= 0.3 is 5.97 Å². The van der Waals surface area contributed by atoms with E-state index in [2.05, 4.69) is 0 Å². The number of hydrogen-bond acceptors (Lipinski definition) is 3. The molecule has 0 saturated carbocycles. The molecule has 0 spiro atoms. The van der Waals surface area contributed by atoms with Crippen LogP contribution in [0.5, 0.6) is 0 Å². The first-order chi connectivity index (χ1) is 6.16. The van der Waals surface area contributed by atoms with Crippen LogP contribution in [0.25, 0.3) is 0 Å². The van der Waals surface area contributed by atoms with Crippen LogP contribution in [0.2, 0.25) is 0 Å². The van der Waals surface area contributed by atoms with Crippen molar-refractivity contribution < 1.29 is 14.3 Å². The zero-order valence-electron chi connectivity index (χ0n) is 8.05. The van der Waals surface area contributed by atoms with Gasteiger partial charge in [-0.25, -0.2) is 4.79 Å². The molecule has 0 N–H and O–H groups in total. The van der Waals surface area contributed by atoms with Gasteiger partial charge < -0.3 is 4.74 Å². The second-order valence-corrected chi connectivity index (χ2v) is 3.09. The molecule has 0 bridgehead atoms. The van der Waals surface area contributed by atoms with Crippen LogP contribution < -0.4 is 0 Å². The number of Topliss-reactive ketones (excluding diaryl/α,β-unsaturated/α-hetero) is 1. The Kier molecular flexibility index (Phi) is 3.23. The van der Waals surface area contributed by atoms with E-state index >= 15 is 0 Å². The standard InChI is InChI=1S/C10H14O3/c1-3-13-10(12)9-6-4-5-8(9)7(2)11/h3-6H2,1-2H3. The molecule has 72 valence electrons. The highest BCUT2D eigenvalue weighted by Crippen LogP contribution is 2.27. The topological polar surface area (TPSA) is 43.4 Å². The van der Waals surface area contributed by atoms with E-state index in [0.717, 1.165) is 12.8 Å². The highest BCUT2D eigenvalue weighted by atomic mass is 16.5. The van der Waals surface area contributed by atoms with E-state index in [1.165, 1.54) is 6.92 Å². The van der Waals surface area contributed by atoms with Crippen LogP contribution in [0.15, 0.2) is 11.1 Å². The Bertz CT molecular complexity index is 263. The van der Waals surface area contributed by atoms with E-state index in [1.807, 2.05) is 0 Å². The lowest BCUT2D eigenvalue weighted by atomic mass is 10.1. The Hall–Kier alpha value is -1.12. The predicted molar refractivity (Wildman–Crippen MR) is 48.2 cm³/mol. The number of hydrogen-bond donors (Lipinski definition) is 0. The maximum Gasteiger partial charge on any atom is 0.334 e. The minimum absolute atomic E-state index is 0.000512. The summed E-state index contributed by atoms with van der Waals surface area (Å²) in [6.45, 7) is 3.63. The van der Waals surface area contributed by atoms with Gasteiger partial charge in [0, 0.05) is 11.1 Å². The van der Waals surface area contributed by atoms with Gasteiger partial charge in [0.25, 0.3) is 0 Å². The lowest BCUT2D eigenvalue weighted by Gasteiger charge is -2.03. The van der Waals surface area contributed by atoms with Crippen LogP contribution in [0.1, 0.15) is 33.1 Å². The summed E-state index contributed by atoms with van der Waals surface area (Å²) >= 11 is 0. The van der Waals surface area contributed by atoms with Crippen LogP contribution in [0.3, 0.4) is 0 Å². The van der Waals surface area contributed by atoms with E-state index in [-0.39, 0.29) is 11.8 Å². The van der Waals surface area contributed by atoms with Crippen molar-refractivity contribution >= 4 is 11.8 Å². The molecule has 0 saturated heterocycles. The average molecular weight is 182 g/mol. The average Bonchev–Trinajstić information content (AvgIpc) is 2.52. The van der Waals surface area contributed by atoms with Crippen LogP contribution >= 0.6 is 0 Å². The smallest absolute Gasteiger partial charge is 0.334 e. The van der Waals surface area contributed by atoms with Gasteiger partial charge in [-0.3, -0.25) is 4.79 Å². The van der Waals surface area contributed by atoms with Crippen molar-refractivity contribution in [1.29, 1.82) is 0 Å². The Morgan fingerprint density at radius 1 is 1.31 bits per heavy atom. The highest BCUT2D eigenvalue weighted by Gasteiger charge is 2.23. The molecular formula is C10H14O3. The summed E-state index contributed by atoms with van der Waals surface area (Å²) in [4.78, 5) is 22.4. The Labute approximate surface area is 77.8 Å². The fraction of sp³-hybridized carbons (Fsp3) is 0.600. The number of allylic oxidation sites excluding steroid dienone is 1. The van der Waals surface area contributed by atoms with Gasteiger partial charge in [-0.1, -0.05) is 0 Å². The number of ketones is 1. The van der Waals surface area contributed by atoms with Crippen molar-refractivity contribution in [1.82, 2.24) is 0 Å². The molecule has 3 heteroatoms. The van der Waals surface area contributed by atoms with Gasteiger partial charge in [0.1, 0.15) is 0 Å². The molecule has 0 amide bonds. The quantitative estimate of drug-likeness (QED) is 0.623. The summed E-state index contributed by atoms with van der Waals surface area (Å²) in [5, 5.41) is 0. The molecular weight excluding hydrogens is 168 g/mol. The number of carbonyl (C=O) groups excluding carboxylic acids is 2. The Morgan fingerprint density at radius 2 is 1.92 bits per heavy atom. The normalized spacial score (nSPS) is 16.2. The molecule has 3 nitrogen and oxygen atoms in total. The van der Waals surface area contributed by atoms with Crippen molar-refractivity contribution in [3.63, 3.8) is 0 Å². The summed E-state index contributed by atoms with van der Waals surface area (Å²) in [6.07, 6.45) is 2.31. The summed E-state index contributed by atoms with van der Waals surface area (Å²) in [7, 11) is 0. The lowest BCUT2D eigenvalue weighted by Crippen LogP contribution is -2.09. The molecule has 0 aromatic heterocycles. The maximum atomic E-state index is 11.3. The molecule has 0 aliphatic heterocycles. The zero-order chi connectivity index (χ0) is 9.84. The third kappa shape index (κ3) is 2.17. The molecule has 0 unspecified atom stereocenters. The van der Waals surface area contributed by atoms with Crippen molar-refractivity contribution in [2.45, 2.75) is 33.1 Å². The third-order valence-electron chi connectivity index (χ3n) is 2.16. The van der Waals surface area contributed by atoms with Crippen molar-refractivity contribution in [3.8, 4) is 0 Å². The SMILES string of the molecule is CCOC(=O)C1=C(C(C)=O)CCC1.